The molecule has 0 aliphatic rings. The Labute approximate surface area is 97.1 Å². The molecule has 15 heavy (non-hydrogen) atoms. The SMILES string of the molecule is ClCc1cc2c(ccc3ccccc32)s1. The van der Waals surface area contributed by atoms with Crippen molar-refractivity contribution in [3.05, 3.63) is 47.3 Å². The molecule has 0 saturated heterocycles. The van der Waals surface area contributed by atoms with E-state index >= 15 is 0 Å². The Kier molecular flexibility index (Phi) is 2.15. The van der Waals surface area contributed by atoms with Gasteiger partial charge in [0.2, 0.25) is 0 Å². The third kappa shape index (κ3) is 1.43. The Morgan fingerprint density at radius 1 is 1.00 bits per heavy atom. The number of benzene rings is 2. The van der Waals surface area contributed by atoms with E-state index in [1.165, 1.54) is 25.7 Å². The predicted molar refractivity (Wildman–Crippen MR) is 68.9 cm³/mol. The molecule has 1 aromatic heterocycles. The van der Waals surface area contributed by atoms with Crippen molar-refractivity contribution in [1.29, 1.82) is 0 Å². The second kappa shape index (κ2) is 3.51. The molecule has 74 valence electrons. The van der Waals surface area contributed by atoms with E-state index in [9.17, 15) is 0 Å². The second-order valence-electron chi connectivity index (χ2n) is 3.54. The maximum absolute atomic E-state index is 5.86. The van der Waals surface area contributed by atoms with Crippen LogP contribution in [0.3, 0.4) is 0 Å². The van der Waals surface area contributed by atoms with Gasteiger partial charge in [0.15, 0.2) is 0 Å². The molecular weight excluding hydrogens is 224 g/mol. The average Bonchev–Trinajstić information content (AvgIpc) is 2.72. The van der Waals surface area contributed by atoms with Crippen LogP contribution in [0.1, 0.15) is 4.88 Å². The molecule has 0 atom stereocenters. The smallest absolute Gasteiger partial charge is 0.0568 e. The average molecular weight is 233 g/mol. The summed E-state index contributed by atoms with van der Waals surface area (Å²) in [6.45, 7) is 0. The standard InChI is InChI=1S/C13H9ClS/c14-8-10-7-12-11-4-2-1-3-9(11)5-6-13(12)15-10/h1-7H,8H2. The third-order valence-corrected chi connectivity index (χ3v) is 4.16. The van der Waals surface area contributed by atoms with Crippen molar-refractivity contribution >= 4 is 43.8 Å². The molecule has 0 saturated carbocycles. The molecule has 0 nitrogen and oxygen atoms in total. The molecule has 0 aliphatic heterocycles. The van der Waals surface area contributed by atoms with Gasteiger partial charge in [0.1, 0.15) is 0 Å². The molecule has 0 radical (unpaired) electrons. The summed E-state index contributed by atoms with van der Waals surface area (Å²) in [5.41, 5.74) is 0. The van der Waals surface area contributed by atoms with E-state index in [4.69, 9.17) is 11.6 Å². The van der Waals surface area contributed by atoms with Gasteiger partial charge < -0.3 is 0 Å². The Balaban J connectivity index is 2.47. The van der Waals surface area contributed by atoms with Crippen molar-refractivity contribution in [2.24, 2.45) is 0 Å². The van der Waals surface area contributed by atoms with Crippen LogP contribution >= 0.6 is 22.9 Å². The normalized spacial score (nSPS) is 11.3. The summed E-state index contributed by atoms with van der Waals surface area (Å²) in [7, 11) is 0. The van der Waals surface area contributed by atoms with E-state index in [0.29, 0.717) is 5.88 Å². The van der Waals surface area contributed by atoms with Gasteiger partial charge in [0.25, 0.3) is 0 Å². The van der Waals surface area contributed by atoms with Crippen LogP contribution in [0.2, 0.25) is 0 Å². The van der Waals surface area contributed by atoms with E-state index < -0.39 is 0 Å². The molecule has 0 fully saturated rings. The fraction of sp³-hybridized carbons (Fsp3) is 0.0769. The van der Waals surface area contributed by atoms with Gasteiger partial charge in [-0.1, -0.05) is 30.3 Å². The highest BCUT2D eigenvalue weighted by molar-refractivity contribution is 7.19. The summed E-state index contributed by atoms with van der Waals surface area (Å²) < 4.78 is 1.32. The number of hydrogen-bond donors (Lipinski definition) is 0. The van der Waals surface area contributed by atoms with Crippen LogP contribution in [0.15, 0.2) is 42.5 Å². The van der Waals surface area contributed by atoms with E-state index in [0.717, 1.165) is 0 Å². The first-order valence-corrected chi connectivity index (χ1v) is 6.20. The summed E-state index contributed by atoms with van der Waals surface area (Å²) in [4.78, 5) is 1.24. The Hall–Kier alpha value is -1.05. The monoisotopic (exact) mass is 232 g/mol. The van der Waals surface area contributed by atoms with Gasteiger partial charge in [0, 0.05) is 15.0 Å². The van der Waals surface area contributed by atoms with Gasteiger partial charge in [-0.25, -0.2) is 0 Å². The maximum atomic E-state index is 5.86. The second-order valence-corrected chi connectivity index (χ2v) is 4.98. The highest BCUT2D eigenvalue weighted by atomic mass is 35.5. The highest BCUT2D eigenvalue weighted by Gasteiger charge is 2.04. The van der Waals surface area contributed by atoms with Gasteiger partial charge in [-0.3, -0.25) is 0 Å². The Morgan fingerprint density at radius 3 is 2.73 bits per heavy atom. The summed E-state index contributed by atoms with van der Waals surface area (Å²) in [6, 6.07) is 15.0. The van der Waals surface area contributed by atoms with E-state index in [-0.39, 0.29) is 0 Å². The molecule has 0 spiro atoms. The van der Waals surface area contributed by atoms with Crippen LogP contribution in [0.4, 0.5) is 0 Å². The maximum Gasteiger partial charge on any atom is 0.0568 e. The molecule has 0 N–H and O–H groups in total. The van der Waals surface area contributed by atoms with Crippen LogP contribution in [0.25, 0.3) is 20.9 Å². The van der Waals surface area contributed by atoms with Crippen LogP contribution in [-0.2, 0) is 5.88 Å². The summed E-state index contributed by atoms with van der Waals surface area (Å²) in [5.74, 6) is 0.605. The zero-order valence-corrected chi connectivity index (χ0v) is 9.61. The molecule has 3 aromatic rings. The van der Waals surface area contributed by atoms with Gasteiger partial charge in [-0.15, -0.1) is 22.9 Å². The first kappa shape index (κ1) is 9.20. The van der Waals surface area contributed by atoms with Crippen LogP contribution < -0.4 is 0 Å². The molecule has 0 bridgehead atoms. The quantitative estimate of drug-likeness (QED) is 0.529. The van der Waals surface area contributed by atoms with Crippen molar-refractivity contribution in [3.63, 3.8) is 0 Å². The van der Waals surface area contributed by atoms with Gasteiger partial charge in [0.05, 0.1) is 5.88 Å². The fourth-order valence-corrected chi connectivity index (χ4v) is 3.08. The first-order chi connectivity index (χ1) is 7.38. The number of halogens is 1. The zero-order valence-electron chi connectivity index (χ0n) is 8.03. The van der Waals surface area contributed by atoms with Gasteiger partial charge in [-0.2, -0.15) is 0 Å². The van der Waals surface area contributed by atoms with E-state index in [1.807, 2.05) is 0 Å². The van der Waals surface area contributed by atoms with Crippen molar-refractivity contribution < 1.29 is 0 Å². The first-order valence-electron chi connectivity index (χ1n) is 4.84. The lowest BCUT2D eigenvalue weighted by Crippen LogP contribution is -1.71. The lowest BCUT2D eigenvalue weighted by molar-refractivity contribution is 1.54. The molecule has 0 amide bonds. The van der Waals surface area contributed by atoms with Crippen LogP contribution in [0.5, 0.6) is 0 Å². The predicted octanol–water partition coefficient (Wildman–Crippen LogP) is 4.79. The van der Waals surface area contributed by atoms with Crippen molar-refractivity contribution in [2.45, 2.75) is 5.88 Å². The number of rotatable bonds is 1. The van der Waals surface area contributed by atoms with Crippen molar-refractivity contribution in [2.75, 3.05) is 0 Å². The van der Waals surface area contributed by atoms with Crippen LogP contribution in [0, 0.1) is 0 Å². The summed E-state index contributed by atoms with van der Waals surface area (Å²) in [5, 5.41) is 3.94. The minimum absolute atomic E-state index is 0.605. The molecule has 0 aliphatic carbocycles. The number of thiophene rings is 1. The molecule has 2 heteroatoms. The summed E-state index contributed by atoms with van der Waals surface area (Å²) in [6.07, 6.45) is 0. The molecule has 2 aromatic carbocycles. The van der Waals surface area contributed by atoms with Gasteiger partial charge in [-0.05, 0) is 22.9 Å². The molecular formula is C13H9ClS. The largest absolute Gasteiger partial charge is 0.139 e. The topological polar surface area (TPSA) is 0 Å². The minimum Gasteiger partial charge on any atom is -0.139 e. The van der Waals surface area contributed by atoms with Gasteiger partial charge >= 0.3 is 0 Å². The highest BCUT2D eigenvalue weighted by Crippen LogP contribution is 2.32. The lowest BCUT2D eigenvalue weighted by Gasteiger charge is -1.97. The lowest BCUT2D eigenvalue weighted by atomic mass is 10.1. The minimum atomic E-state index is 0.605. The summed E-state index contributed by atoms with van der Waals surface area (Å²) >= 11 is 7.64. The number of hydrogen-bond acceptors (Lipinski definition) is 1. The molecule has 1 heterocycles. The Morgan fingerprint density at radius 2 is 1.87 bits per heavy atom. The zero-order chi connectivity index (χ0) is 10.3. The Bertz CT molecular complexity index is 625. The fourth-order valence-electron chi connectivity index (χ4n) is 1.91. The number of fused-ring (bicyclic) bond motifs is 3. The molecule has 0 unspecified atom stereocenters. The third-order valence-electron chi connectivity index (χ3n) is 2.61. The van der Waals surface area contributed by atoms with Crippen LogP contribution in [-0.4, -0.2) is 0 Å². The molecule has 3 rings (SSSR count). The number of alkyl halides is 1. The van der Waals surface area contributed by atoms with Crippen molar-refractivity contribution in [3.8, 4) is 0 Å². The van der Waals surface area contributed by atoms with E-state index in [1.54, 1.807) is 11.3 Å². The van der Waals surface area contributed by atoms with E-state index in [2.05, 4.69) is 42.5 Å². The van der Waals surface area contributed by atoms with Crippen molar-refractivity contribution in [1.82, 2.24) is 0 Å².